The van der Waals surface area contributed by atoms with Gasteiger partial charge in [-0.25, -0.2) is 0 Å². The van der Waals surface area contributed by atoms with Crippen LogP contribution in [-0.4, -0.2) is 12.3 Å². The van der Waals surface area contributed by atoms with E-state index in [-0.39, 0.29) is 11.2 Å². The van der Waals surface area contributed by atoms with Crippen LogP contribution in [0.15, 0.2) is 28.7 Å². The van der Waals surface area contributed by atoms with E-state index in [0.29, 0.717) is 13.0 Å². The van der Waals surface area contributed by atoms with E-state index in [9.17, 15) is 4.79 Å². The minimum atomic E-state index is -0.121. The largest absolute Gasteiger partial charge is 0.330 e. The van der Waals surface area contributed by atoms with Crippen molar-refractivity contribution in [3.05, 3.63) is 34.3 Å². The number of rotatable bonds is 4. The van der Waals surface area contributed by atoms with Crippen LogP contribution in [0.1, 0.15) is 30.6 Å². The van der Waals surface area contributed by atoms with E-state index in [1.54, 1.807) is 0 Å². The molecule has 2 N–H and O–H groups in total. The van der Waals surface area contributed by atoms with Gasteiger partial charge in [0.05, 0.1) is 0 Å². The third-order valence-corrected chi connectivity index (χ3v) is 2.89. The van der Waals surface area contributed by atoms with Gasteiger partial charge in [0.25, 0.3) is 0 Å². The van der Waals surface area contributed by atoms with Crippen molar-refractivity contribution in [2.24, 2.45) is 11.1 Å². The summed E-state index contributed by atoms with van der Waals surface area (Å²) in [6.45, 7) is 4.53. The van der Waals surface area contributed by atoms with Crippen molar-refractivity contribution in [2.45, 2.75) is 20.3 Å². The number of benzene rings is 1. The van der Waals surface area contributed by atoms with Crippen molar-refractivity contribution >= 4 is 21.7 Å². The van der Waals surface area contributed by atoms with Gasteiger partial charge in [-0.2, -0.15) is 0 Å². The average molecular weight is 270 g/mol. The maximum absolute atomic E-state index is 11.9. The normalized spacial score (nSPS) is 11.5. The Balaban J connectivity index is 2.74. The zero-order valence-corrected chi connectivity index (χ0v) is 10.7. The fraction of sp³-hybridized carbons (Fsp3) is 0.417. The van der Waals surface area contributed by atoms with Crippen molar-refractivity contribution in [1.82, 2.24) is 0 Å². The number of Topliss-reactive ketones (excluding diaryl/α,β-unsaturated/α-hetero) is 1. The van der Waals surface area contributed by atoms with Gasteiger partial charge in [0, 0.05) is 16.5 Å². The second-order valence-electron chi connectivity index (χ2n) is 4.48. The highest BCUT2D eigenvalue weighted by Gasteiger charge is 2.20. The number of hydrogen-bond acceptors (Lipinski definition) is 2. The van der Waals surface area contributed by atoms with Gasteiger partial charge in [-0.1, -0.05) is 41.9 Å². The second kappa shape index (κ2) is 4.90. The molecule has 0 amide bonds. The lowest BCUT2D eigenvalue weighted by Crippen LogP contribution is -2.26. The monoisotopic (exact) mass is 269 g/mol. The fourth-order valence-corrected chi connectivity index (χ4v) is 1.51. The van der Waals surface area contributed by atoms with Gasteiger partial charge < -0.3 is 5.73 Å². The Hall–Kier alpha value is -0.670. The molecule has 15 heavy (non-hydrogen) atoms. The van der Waals surface area contributed by atoms with Crippen LogP contribution in [0, 0.1) is 5.41 Å². The van der Waals surface area contributed by atoms with Crippen LogP contribution in [0.4, 0.5) is 0 Å². The second-order valence-corrected chi connectivity index (χ2v) is 5.39. The van der Waals surface area contributed by atoms with Crippen LogP contribution in [-0.2, 0) is 0 Å². The predicted molar refractivity (Wildman–Crippen MR) is 65.9 cm³/mol. The first-order valence-electron chi connectivity index (χ1n) is 4.93. The van der Waals surface area contributed by atoms with E-state index in [2.05, 4.69) is 15.9 Å². The Kier molecular flexibility index (Phi) is 4.05. The van der Waals surface area contributed by atoms with E-state index >= 15 is 0 Å². The van der Waals surface area contributed by atoms with E-state index in [1.807, 2.05) is 38.1 Å². The summed E-state index contributed by atoms with van der Waals surface area (Å²) in [5.41, 5.74) is 6.23. The molecule has 82 valence electrons. The van der Waals surface area contributed by atoms with Crippen LogP contribution in [0.2, 0.25) is 0 Å². The lowest BCUT2D eigenvalue weighted by Gasteiger charge is -2.20. The molecule has 0 aromatic heterocycles. The molecule has 1 rings (SSSR count). The maximum Gasteiger partial charge on any atom is 0.163 e. The molecule has 0 heterocycles. The van der Waals surface area contributed by atoms with Crippen LogP contribution >= 0.6 is 15.9 Å². The molecule has 0 saturated carbocycles. The summed E-state index contributed by atoms with van der Waals surface area (Å²) in [7, 11) is 0. The molecular weight excluding hydrogens is 254 g/mol. The first-order chi connectivity index (χ1) is 6.94. The SMILES string of the molecule is CC(C)(CN)CC(=O)c1ccc(Br)cc1. The van der Waals surface area contributed by atoms with Crippen LogP contribution in [0.5, 0.6) is 0 Å². The quantitative estimate of drug-likeness (QED) is 0.854. The third kappa shape index (κ3) is 3.76. The van der Waals surface area contributed by atoms with Gasteiger partial charge in [0.15, 0.2) is 5.78 Å². The Morgan fingerprint density at radius 2 is 1.87 bits per heavy atom. The van der Waals surface area contributed by atoms with Crippen molar-refractivity contribution in [2.75, 3.05) is 6.54 Å². The summed E-state index contributed by atoms with van der Waals surface area (Å²) >= 11 is 3.34. The number of carbonyl (C=O) groups is 1. The van der Waals surface area contributed by atoms with Crippen molar-refractivity contribution < 1.29 is 4.79 Å². The Morgan fingerprint density at radius 3 is 2.33 bits per heavy atom. The molecule has 0 saturated heterocycles. The number of hydrogen-bond donors (Lipinski definition) is 1. The van der Waals surface area contributed by atoms with Gasteiger partial charge in [0.2, 0.25) is 0 Å². The lowest BCUT2D eigenvalue weighted by atomic mass is 9.86. The summed E-state index contributed by atoms with van der Waals surface area (Å²) in [5, 5.41) is 0. The van der Waals surface area contributed by atoms with Crippen molar-refractivity contribution in [3.63, 3.8) is 0 Å². The smallest absolute Gasteiger partial charge is 0.163 e. The zero-order valence-electron chi connectivity index (χ0n) is 9.09. The predicted octanol–water partition coefficient (Wildman–Crippen LogP) is 3.01. The maximum atomic E-state index is 11.9. The molecule has 0 fully saturated rings. The Morgan fingerprint density at radius 1 is 1.33 bits per heavy atom. The summed E-state index contributed by atoms with van der Waals surface area (Å²) in [5.74, 6) is 0.151. The first-order valence-corrected chi connectivity index (χ1v) is 5.73. The van der Waals surface area contributed by atoms with E-state index in [0.717, 1.165) is 10.0 Å². The van der Waals surface area contributed by atoms with Gasteiger partial charge in [-0.15, -0.1) is 0 Å². The summed E-state index contributed by atoms with van der Waals surface area (Å²) < 4.78 is 0.983. The average Bonchev–Trinajstić information content (AvgIpc) is 2.18. The molecule has 2 nitrogen and oxygen atoms in total. The van der Waals surface area contributed by atoms with Crippen molar-refractivity contribution in [3.8, 4) is 0 Å². The minimum Gasteiger partial charge on any atom is -0.330 e. The van der Waals surface area contributed by atoms with E-state index in [1.165, 1.54) is 0 Å². The van der Waals surface area contributed by atoms with Gasteiger partial charge >= 0.3 is 0 Å². The lowest BCUT2D eigenvalue weighted by molar-refractivity contribution is 0.0935. The first kappa shape index (κ1) is 12.4. The van der Waals surface area contributed by atoms with Gasteiger partial charge in [-0.3, -0.25) is 4.79 Å². The molecule has 0 bridgehead atoms. The van der Waals surface area contributed by atoms with E-state index < -0.39 is 0 Å². The molecule has 0 aliphatic heterocycles. The van der Waals surface area contributed by atoms with E-state index in [4.69, 9.17) is 5.73 Å². The zero-order chi connectivity index (χ0) is 11.5. The molecule has 0 spiro atoms. The Bertz CT molecular complexity index is 343. The molecule has 3 heteroatoms. The highest BCUT2D eigenvalue weighted by atomic mass is 79.9. The topological polar surface area (TPSA) is 43.1 Å². The van der Waals surface area contributed by atoms with Crippen LogP contribution in [0.3, 0.4) is 0 Å². The number of halogens is 1. The molecule has 0 radical (unpaired) electrons. The molecular formula is C12H16BrNO. The molecule has 1 aromatic rings. The summed E-state index contributed by atoms with van der Waals surface area (Å²) in [6.07, 6.45) is 0.491. The fourth-order valence-electron chi connectivity index (χ4n) is 1.24. The third-order valence-electron chi connectivity index (χ3n) is 2.36. The molecule has 0 aliphatic carbocycles. The standard InChI is InChI=1S/C12H16BrNO/c1-12(2,8-14)7-11(15)9-3-5-10(13)6-4-9/h3-6H,7-8,14H2,1-2H3. The Labute approximate surface area is 99.0 Å². The number of nitrogens with two attached hydrogens (primary N) is 1. The molecule has 0 atom stereocenters. The molecule has 1 aromatic carbocycles. The van der Waals surface area contributed by atoms with Crippen molar-refractivity contribution in [1.29, 1.82) is 0 Å². The number of ketones is 1. The number of carbonyl (C=O) groups excluding carboxylic acids is 1. The summed E-state index contributed by atoms with van der Waals surface area (Å²) in [6, 6.07) is 7.42. The minimum absolute atomic E-state index is 0.121. The van der Waals surface area contributed by atoms with Crippen LogP contribution < -0.4 is 5.73 Å². The highest BCUT2D eigenvalue weighted by Crippen LogP contribution is 2.21. The summed E-state index contributed by atoms with van der Waals surface area (Å²) in [4.78, 5) is 11.9. The van der Waals surface area contributed by atoms with Gasteiger partial charge in [-0.05, 0) is 24.1 Å². The van der Waals surface area contributed by atoms with Crippen LogP contribution in [0.25, 0.3) is 0 Å². The highest BCUT2D eigenvalue weighted by molar-refractivity contribution is 9.10. The van der Waals surface area contributed by atoms with Gasteiger partial charge in [0.1, 0.15) is 0 Å². The molecule has 0 unspecified atom stereocenters. The molecule has 0 aliphatic rings.